The first-order chi connectivity index (χ1) is 21.1. The zero-order valence-corrected chi connectivity index (χ0v) is 26.1. The van der Waals surface area contributed by atoms with Gasteiger partial charge >= 0.3 is 24.6 Å². The van der Waals surface area contributed by atoms with Gasteiger partial charge in [0.2, 0.25) is 0 Å². The lowest BCUT2D eigenvalue weighted by molar-refractivity contribution is -0.143. The summed E-state index contributed by atoms with van der Waals surface area (Å²) >= 11 is 0. The molecule has 2 unspecified atom stereocenters. The average Bonchev–Trinajstić information content (AvgIpc) is 2.93. The molecule has 1 fully saturated rings. The van der Waals surface area contributed by atoms with Gasteiger partial charge in [0.15, 0.2) is 0 Å². The molecule has 0 saturated heterocycles. The number of carbonyl (C=O) groups is 1. The molecule has 3 atom stereocenters. The monoisotopic (exact) mass is 670 g/mol. The number of methoxy groups -OCH3 is 1. The van der Waals surface area contributed by atoms with Crippen LogP contribution in [0.2, 0.25) is 0 Å². The highest BCUT2D eigenvalue weighted by Gasteiger charge is 2.39. The third-order valence-electron chi connectivity index (χ3n) is 7.86. The third kappa shape index (κ3) is 10.2. The summed E-state index contributed by atoms with van der Waals surface area (Å²) in [5.41, 5.74) is -5.03. The van der Waals surface area contributed by atoms with E-state index < -0.39 is 70.7 Å². The second kappa shape index (κ2) is 14.4. The van der Waals surface area contributed by atoms with Gasteiger partial charge in [0.25, 0.3) is 0 Å². The molecule has 1 aliphatic rings. The van der Waals surface area contributed by atoms with Gasteiger partial charge in [-0.2, -0.15) is 39.5 Å². The van der Waals surface area contributed by atoms with Crippen molar-refractivity contribution in [3.05, 3.63) is 69.8 Å². The predicted octanol–water partition coefficient (Wildman–Crippen LogP) is 9.75. The summed E-state index contributed by atoms with van der Waals surface area (Å²) in [4.78, 5) is 12.8. The van der Waals surface area contributed by atoms with Gasteiger partial charge in [0.05, 0.1) is 28.8 Å². The van der Waals surface area contributed by atoms with Crippen molar-refractivity contribution in [2.24, 2.45) is 5.92 Å². The Morgan fingerprint density at radius 2 is 1.37 bits per heavy atom. The number of hydrogen-bond acceptors (Lipinski definition) is 4. The lowest BCUT2D eigenvalue weighted by Crippen LogP contribution is -2.44. The van der Waals surface area contributed by atoms with Crippen molar-refractivity contribution < 1.29 is 53.8 Å². The fourth-order valence-corrected chi connectivity index (χ4v) is 5.70. The molecule has 0 radical (unpaired) electrons. The zero-order valence-electron chi connectivity index (χ0n) is 26.1. The summed E-state index contributed by atoms with van der Waals surface area (Å²) in [6, 6.07) is 1.57. The van der Waals surface area contributed by atoms with Crippen LogP contribution in [0.4, 0.5) is 44.3 Å². The molecule has 2 N–H and O–H groups in total. The van der Waals surface area contributed by atoms with Crippen LogP contribution in [0, 0.1) is 5.92 Å². The van der Waals surface area contributed by atoms with Gasteiger partial charge in [0, 0.05) is 19.7 Å². The van der Waals surface area contributed by atoms with Gasteiger partial charge in [-0.15, -0.1) is 0 Å². The summed E-state index contributed by atoms with van der Waals surface area (Å²) < 4.78 is 134. The fraction of sp³-hybridized carbons (Fsp3) is 0.594. The van der Waals surface area contributed by atoms with Crippen molar-refractivity contribution >= 4 is 6.09 Å². The normalized spacial score (nSPS) is 17.3. The lowest BCUT2D eigenvalue weighted by Gasteiger charge is -2.32. The maximum absolute atomic E-state index is 13.7. The van der Waals surface area contributed by atoms with Crippen molar-refractivity contribution in [2.75, 3.05) is 7.11 Å². The molecule has 0 heterocycles. The quantitative estimate of drug-likeness (QED) is 0.261. The average molecular weight is 671 g/mol. The summed E-state index contributed by atoms with van der Waals surface area (Å²) in [6.45, 7) is 5.66. The van der Waals surface area contributed by atoms with Crippen molar-refractivity contribution in [1.82, 2.24) is 10.6 Å². The Morgan fingerprint density at radius 3 is 1.85 bits per heavy atom. The van der Waals surface area contributed by atoms with E-state index in [0.717, 1.165) is 44.2 Å². The second-order valence-electron chi connectivity index (χ2n) is 12.6. The molecule has 0 aliphatic heterocycles. The molecule has 0 aromatic heterocycles. The first kappa shape index (κ1) is 37.5. The van der Waals surface area contributed by atoms with E-state index in [1.165, 1.54) is 40.9 Å². The standard InChI is InChI=1S/C32H39F9N2O3/c1-18(42-17-21-15-22(30(33,34)35)11-12-25(21)27(45-5)19-9-7-6-8-10-19)26(43-28(44)46-29(2,3)4)20-13-23(31(36,37)38)16-24(14-20)32(39,40)41/h11-16,18-19,26-27,42H,6-10,17H2,1-5H3,(H,43,44)/t18-,26?,27?/m0/s1. The van der Waals surface area contributed by atoms with E-state index in [2.05, 4.69) is 10.6 Å². The summed E-state index contributed by atoms with van der Waals surface area (Å²) in [6.07, 6.45) is -12.1. The molecule has 46 heavy (non-hydrogen) atoms. The van der Waals surface area contributed by atoms with E-state index in [4.69, 9.17) is 9.47 Å². The smallest absolute Gasteiger partial charge is 0.416 e. The number of carbonyl (C=O) groups excluding carboxylic acids is 1. The lowest BCUT2D eigenvalue weighted by atomic mass is 9.81. The third-order valence-corrected chi connectivity index (χ3v) is 7.86. The van der Waals surface area contributed by atoms with E-state index in [1.54, 1.807) is 0 Å². The van der Waals surface area contributed by atoms with Crippen molar-refractivity contribution in [1.29, 1.82) is 0 Å². The highest BCUT2D eigenvalue weighted by molar-refractivity contribution is 5.68. The van der Waals surface area contributed by atoms with Crippen LogP contribution in [0.5, 0.6) is 0 Å². The first-order valence-electron chi connectivity index (χ1n) is 14.8. The fourth-order valence-electron chi connectivity index (χ4n) is 5.70. The van der Waals surface area contributed by atoms with Crippen LogP contribution in [0.1, 0.15) is 105 Å². The molecule has 0 bridgehead atoms. The summed E-state index contributed by atoms with van der Waals surface area (Å²) in [5, 5.41) is 5.28. The van der Waals surface area contributed by atoms with Crippen LogP contribution in [0.3, 0.4) is 0 Å². The van der Waals surface area contributed by atoms with E-state index in [9.17, 15) is 44.3 Å². The molecule has 258 valence electrons. The minimum absolute atomic E-state index is 0.0306. The second-order valence-corrected chi connectivity index (χ2v) is 12.6. The Morgan fingerprint density at radius 1 is 0.826 bits per heavy atom. The molecule has 1 aliphatic carbocycles. The molecular weight excluding hydrogens is 631 g/mol. The van der Waals surface area contributed by atoms with Gasteiger partial charge in [-0.3, -0.25) is 0 Å². The zero-order chi connectivity index (χ0) is 34.7. The van der Waals surface area contributed by atoms with E-state index >= 15 is 0 Å². The largest absolute Gasteiger partial charge is 0.444 e. The van der Waals surface area contributed by atoms with Gasteiger partial charge in [0.1, 0.15) is 5.60 Å². The molecule has 14 heteroatoms. The molecule has 2 aromatic rings. The number of hydrogen-bond donors (Lipinski definition) is 2. The van der Waals surface area contributed by atoms with Crippen molar-refractivity contribution in [2.45, 2.75) is 109 Å². The molecule has 3 rings (SSSR count). The molecular formula is C32H39F9N2O3. The van der Waals surface area contributed by atoms with Crippen LogP contribution in [-0.2, 0) is 34.5 Å². The molecule has 1 saturated carbocycles. The van der Waals surface area contributed by atoms with Crippen molar-refractivity contribution in [3.63, 3.8) is 0 Å². The number of halogens is 9. The number of alkyl halides is 9. The van der Waals surface area contributed by atoms with Crippen LogP contribution in [-0.4, -0.2) is 24.8 Å². The number of nitrogens with one attached hydrogen (secondary N) is 2. The van der Waals surface area contributed by atoms with Crippen LogP contribution in [0.25, 0.3) is 0 Å². The number of ether oxygens (including phenoxy) is 2. The number of benzene rings is 2. The Bertz CT molecular complexity index is 1300. The highest BCUT2D eigenvalue weighted by atomic mass is 19.4. The Hall–Kier alpha value is -3.00. The van der Waals surface area contributed by atoms with Gasteiger partial charge in [-0.25, -0.2) is 4.79 Å². The summed E-state index contributed by atoms with van der Waals surface area (Å²) in [7, 11) is 1.46. The minimum atomic E-state index is -5.15. The van der Waals surface area contributed by atoms with Crippen LogP contribution in [0.15, 0.2) is 36.4 Å². The number of rotatable bonds is 9. The van der Waals surface area contributed by atoms with Crippen LogP contribution < -0.4 is 10.6 Å². The Kier molecular flexibility index (Phi) is 11.7. The minimum Gasteiger partial charge on any atom is -0.444 e. The molecule has 0 spiro atoms. The van der Waals surface area contributed by atoms with Crippen molar-refractivity contribution in [3.8, 4) is 0 Å². The van der Waals surface area contributed by atoms with E-state index in [-0.39, 0.29) is 24.1 Å². The van der Waals surface area contributed by atoms with Gasteiger partial charge in [-0.1, -0.05) is 25.3 Å². The topological polar surface area (TPSA) is 59.6 Å². The Balaban J connectivity index is 2.05. The SMILES string of the molecule is COC(c1ccc(C(F)(F)F)cc1CN[C@@H](C)C(NC(=O)OC(C)(C)C)c1cc(C(F)(F)F)cc(C(F)(F)F)c1)C1CCCCC1. The highest BCUT2D eigenvalue weighted by Crippen LogP contribution is 2.41. The Labute approximate surface area is 262 Å². The molecule has 2 aromatic carbocycles. The molecule has 5 nitrogen and oxygen atoms in total. The van der Waals surface area contributed by atoms with Gasteiger partial charge in [-0.05, 0) is 93.5 Å². The number of alkyl carbamates (subject to hydrolysis) is 1. The molecule has 1 amide bonds. The summed E-state index contributed by atoms with van der Waals surface area (Å²) in [5.74, 6) is 0.0409. The first-order valence-corrected chi connectivity index (χ1v) is 14.8. The predicted molar refractivity (Wildman–Crippen MR) is 153 cm³/mol. The van der Waals surface area contributed by atoms with Crippen LogP contribution >= 0.6 is 0 Å². The van der Waals surface area contributed by atoms with E-state index in [0.29, 0.717) is 17.7 Å². The van der Waals surface area contributed by atoms with E-state index in [1.807, 2.05) is 0 Å². The maximum atomic E-state index is 13.7. The van der Waals surface area contributed by atoms with Gasteiger partial charge < -0.3 is 20.1 Å². The maximum Gasteiger partial charge on any atom is 0.416 e. The number of amides is 1.